The van der Waals surface area contributed by atoms with E-state index in [0.29, 0.717) is 18.6 Å². The molecule has 0 aromatic rings. The molecule has 8 nitrogen and oxygen atoms in total. The fraction of sp³-hybridized carbons (Fsp3) is 0.722. The molecule has 0 bridgehead atoms. The van der Waals surface area contributed by atoms with Crippen molar-refractivity contribution in [2.24, 2.45) is 11.5 Å². The van der Waals surface area contributed by atoms with Crippen LogP contribution < -0.4 is 16.8 Å². The summed E-state index contributed by atoms with van der Waals surface area (Å²) in [6.45, 7) is 8.92. The van der Waals surface area contributed by atoms with Gasteiger partial charge in [0.2, 0.25) is 11.8 Å². The Hall–Kier alpha value is -1.93. The SMILES string of the molecule is CC(N)=O.CCOC(=O)C1=C[C@@H](OC(CC)CC)[C@H](NC(C)=O)[C@@H](N)C1. The van der Waals surface area contributed by atoms with Crippen LogP contribution in [0.15, 0.2) is 11.6 Å². The van der Waals surface area contributed by atoms with E-state index in [1.54, 1.807) is 13.0 Å². The lowest BCUT2D eigenvalue weighted by Gasteiger charge is -2.36. The van der Waals surface area contributed by atoms with Crippen molar-refractivity contribution in [2.45, 2.75) is 78.2 Å². The number of hydrogen-bond donors (Lipinski definition) is 3. The molecule has 3 atom stereocenters. The van der Waals surface area contributed by atoms with Crippen molar-refractivity contribution in [1.29, 1.82) is 0 Å². The highest BCUT2D eigenvalue weighted by molar-refractivity contribution is 5.89. The molecule has 0 aliphatic heterocycles. The van der Waals surface area contributed by atoms with Crippen molar-refractivity contribution < 1.29 is 23.9 Å². The van der Waals surface area contributed by atoms with Crippen LogP contribution in [-0.4, -0.2) is 48.7 Å². The monoisotopic (exact) mass is 371 g/mol. The number of nitrogens with two attached hydrogens (primary N) is 2. The fourth-order valence-electron chi connectivity index (χ4n) is 2.62. The van der Waals surface area contributed by atoms with E-state index in [9.17, 15) is 14.4 Å². The Bertz CT molecular complexity index is 499. The van der Waals surface area contributed by atoms with Crippen molar-refractivity contribution in [3.8, 4) is 0 Å². The topological polar surface area (TPSA) is 134 Å². The first-order valence-corrected chi connectivity index (χ1v) is 8.98. The van der Waals surface area contributed by atoms with Gasteiger partial charge in [-0.1, -0.05) is 13.8 Å². The maximum absolute atomic E-state index is 12.0. The third-order valence-electron chi connectivity index (χ3n) is 3.80. The molecule has 0 unspecified atom stereocenters. The molecule has 2 amide bonds. The second kappa shape index (κ2) is 12.4. The fourth-order valence-corrected chi connectivity index (χ4v) is 2.62. The van der Waals surface area contributed by atoms with E-state index in [4.69, 9.17) is 15.2 Å². The van der Waals surface area contributed by atoms with Crippen LogP contribution in [0.3, 0.4) is 0 Å². The molecule has 8 heteroatoms. The third kappa shape index (κ3) is 8.96. The average Bonchev–Trinajstić information content (AvgIpc) is 2.54. The Morgan fingerprint density at radius 3 is 2.19 bits per heavy atom. The minimum atomic E-state index is -0.419. The molecular formula is C18H33N3O5. The van der Waals surface area contributed by atoms with Gasteiger partial charge in [0.1, 0.15) is 0 Å². The van der Waals surface area contributed by atoms with Crippen LogP contribution in [0, 0.1) is 0 Å². The van der Waals surface area contributed by atoms with E-state index in [-0.39, 0.29) is 36.0 Å². The summed E-state index contributed by atoms with van der Waals surface area (Å²) < 4.78 is 11.1. The zero-order chi connectivity index (χ0) is 20.3. The number of nitrogens with one attached hydrogen (secondary N) is 1. The Morgan fingerprint density at radius 2 is 1.77 bits per heavy atom. The van der Waals surface area contributed by atoms with Crippen molar-refractivity contribution in [1.82, 2.24) is 5.32 Å². The van der Waals surface area contributed by atoms with Gasteiger partial charge in [-0.05, 0) is 32.3 Å². The molecule has 0 aromatic heterocycles. The average molecular weight is 371 g/mol. The molecule has 0 heterocycles. The van der Waals surface area contributed by atoms with Gasteiger partial charge in [0.05, 0.1) is 24.9 Å². The molecule has 0 radical (unpaired) electrons. The van der Waals surface area contributed by atoms with Crippen molar-refractivity contribution in [2.75, 3.05) is 6.61 Å². The van der Waals surface area contributed by atoms with Crippen LogP contribution in [-0.2, 0) is 23.9 Å². The summed E-state index contributed by atoms with van der Waals surface area (Å²) in [7, 11) is 0. The molecule has 0 saturated carbocycles. The summed E-state index contributed by atoms with van der Waals surface area (Å²) in [6, 6.07) is -0.719. The van der Waals surface area contributed by atoms with Crippen molar-refractivity contribution in [3.05, 3.63) is 11.6 Å². The summed E-state index contributed by atoms with van der Waals surface area (Å²) in [5.41, 5.74) is 11.1. The van der Waals surface area contributed by atoms with Gasteiger partial charge in [-0.15, -0.1) is 0 Å². The quantitative estimate of drug-likeness (QED) is 0.566. The predicted octanol–water partition coefficient (Wildman–Crippen LogP) is 0.777. The van der Waals surface area contributed by atoms with Crippen LogP contribution in [0.1, 0.15) is 53.9 Å². The Labute approximate surface area is 155 Å². The van der Waals surface area contributed by atoms with Gasteiger partial charge in [-0.25, -0.2) is 4.79 Å². The Balaban J connectivity index is 0.00000141. The van der Waals surface area contributed by atoms with Crippen LogP contribution in [0.2, 0.25) is 0 Å². The van der Waals surface area contributed by atoms with Crippen molar-refractivity contribution in [3.63, 3.8) is 0 Å². The smallest absolute Gasteiger partial charge is 0.333 e. The summed E-state index contributed by atoms with van der Waals surface area (Å²) in [4.78, 5) is 32.6. The van der Waals surface area contributed by atoms with E-state index in [2.05, 4.69) is 11.1 Å². The highest BCUT2D eigenvalue weighted by Gasteiger charge is 2.35. The molecule has 0 aromatic carbocycles. The molecular weight excluding hydrogens is 338 g/mol. The first kappa shape index (κ1) is 24.1. The number of carbonyl (C=O) groups excluding carboxylic acids is 3. The summed E-state index contributed by atoms with van der Waals surface area (Å²) in [5.74, 6) is -0.857. The van der Waals surface area contributed by atoms with Gasteiger partial charge in [0, 0.05) is 25.5 Å². The molecule has 0 fully saturated rings. The maximum atomic E-state index is 12.0. The number of amides is 2. The largest absolute Gasteiger partial charge is 0.463 e. The zero-order valence-electron chi connectivity index (χ0n) is 16.4. The van der Waals surface area contributed by atoms with Crippen LogP contribution in [0.5, 0.6) is 0 Å². The minimum Gasteiger partial charge on any atom is -0.463 e. The van der Waals surface area contributed by atoms with Gasteiger partial charge < -0.3 is 26.3 Å². The number of esters is 1. The first-order chi connectivity index (χ1) is 12.2. The molecule has 0 saturated heterocycles. The normalized spacial score (nSPS) is 22.0. The van der Waals surface area contributed by atoms with Gasteiger partial charge in [0.25, 0.3) is 0 Å². The van der Waals surface area contributed by atoms with Gasteiger partial charge >= 0.3 is 5.97 Å². The first-order valence-electron chi connectivity index (χ1n) is 8.98. The molecule has 0 spiro atoms. The summed E-state index contributed by atoms with van der Waals surface area (Å²) in [6.07, 6.45) is 3.48. The van der Waals surface area contributed by atoms with Crippen LogP contribution in [0.25, 0.3) is 0 Å². The Morgan fingerprint density at radius 1 is 1.23 bits per heavy atom. The van der Waals surface area contributed by atoms with E-state index in [0.717, 1.165) is 12.8 Å². The zero-order valence-corrected chi connectivity index (χ0v) is 16.4. The highest BCUT2D eigenvalue weighted by atomic mass is 16.5. The predicted molar refractivity (Wildman–Crippen MR) is 99.0 cm³/mol. The van der Waals surface area contributed by atoms with E-state index in [1.807, 2.05) is 13.8 Å². The molecule has 1 aliphatic rings. The molecule has 1 aliphatic carbocycles. The third-order valence-corrected chi connectivity index (χ3v) is 3.80. The van der Waals surface area contributed by atoms with E-state index >= 15 is 0 Å². The number of ether oxygens (including phenoxy) is 2. The number of primary amides is 1. The Kier molecular flexibility index (Phi) is 11.5. The lowest BCUT2D eigenvalue weighted by Crippen LogP contribution is -2.57. The summed E-state index contributed by atoms with van der Waals surface area (Å²) in [5, 5.41) is 2.84. The maximum Gasteiger partial charge on any atom is 0.333 e. The van der Waals surface area contributed by atoms with E-state index in [1.165, 1.54) is 13.8 Å². The number of rotatable bonds is 7. The highest BCUT2D eigenvalue weighted by Crippen LogP contribution is 2.24. The number of carbonyl (C=O) groups is 3. The van der Waals surface area contributed by atoms with Gasteiger partial charge in [-0.2, -0.15) is 0 Å². The second-order valence-electron chi connectivity index (χ2n) is 6.16. The van der Waals surface area contributed by atoms with E-state index < -0.39 is 6.10 Å². The molecule has 26 heavy (non-hydrogen) atoms. The lowest BCUT2D eigenvalue weighted by atomic mass is 9.88. The second-order valence-corrected chi connectivity index (χ2v) is 6.16. The van der Waals surface area contributed by atoms with Crippen molar-refractivity contribution >= 4 is 17.8 Å². The van der Waals surface area contributed by atoms with Crippen LogP contribution in [0.4, 0.5) is 0 Å². The molecule has 150 valence electrons. The number of hydrogen-bond acceptors (Lipinski definition) is 6. The minimum absolute atomic E-state index is 0.0613. The van der Waals surface area contributed by atoms with Crippen LogP contribution >= 0.6 is 0 Å². The molecule has 5 N–H and O–H groups in total. The molecule has 1 rings (SSSR count). The standard InChI is InChI=1S/C16H28N2O4.C2H5NO/c1-5-12(6-2)22-14-9-11(16(20)21-7-3)8-13(17)15(14)18-10(4)19;1-2(3)4/h9,12-15H,5-8,17H2,1-4H3,(H,18,19);1H3,(H2,3,4)/t13-,14+,15+;/m0./s1. The van der Waals surface area contributed by atoms with Gasteiger partial charge in [-0.3, -0.25) is 9.59 Å². The summed E-state index contributed by atoms with van der Waals surface area (Å²) >= 11 is 0. The lowest BCUT2D eigenvalue weighted by molar-refractivity contribution is -0.139. The van der Waals surface area contributed by atoms with Gasteiger partial charge in [0.15, 0.2) is 0 Å².